The van der Waals surface area contributed by atoms with Gasteiger partial charge >= 0.3 is 5.97 Å². The van der Waals surface area contributed by atoms with Gasteiger partial charge in [-0.2, -0.15) is 0 Å². The van der Waals surface area contributed by atoms with E-state index in [0.29, 0.717) is 30.7 Å². The minimum absolute atomic E-state index is 0.108. The minimum atomic E-state index is -0.547. The van der Waals surface area contributed by atoms with E-state index in [1.165, 1.54) is 6.42 Å². The van der Waals surface area contributed by atoms with E-state index in [0.717, 1.165) is 32.1 Å². The summed E-state index contributed by atoms with van der Waals surface area (Å²) in [5, 5.41) is 0. The van der Waals surface area contributed by atoms with Crippen molar-refractivity contribution in [2.45, 2.75) is 69.4 Å². The first kappa shape index (κ1) is 12.2. The molecule has 2 aliphatic heterocycles. The van der Waals surface area contributed by atoms with Crippen LogP contribution in [0, 0.1) is 11.8 Å². The second kappa shape index (κ2) is 4.19. The fraction of sp³-hybridized carbons (Fsp3) is 0.933. The van der Waals surface area contributed by atoms with Gasteiger partial charge < -0.3 is 14.2 Å². The highest BCUT2D eigenvalue weighted by Crippen LogP contribution is 2.49. The lowest BCUT2D eigenvalue weighted by molar-refractivity contribution is -0.152. The van der Waals surface area contributed by atoms with E-state index in [9.17, 15) is 4.79 Å². The van der Waals surface area contributed by atoms with Crippen LogP contribution < -0.4 is 0 Å². The quantitative estimate of drug-likeness (QED) is 0.579. The SMILES string of the molecule is CC1CC2OC2CC1COC(=O)C12CCCCC1O2. The van der Waals surface area contributed by atoms with Gasteiger partial charge in [0.25, 0.3) is 0 Å². The van der Waals surface area contributed by atoms with E-state index in [2.05, 4.69) is 6.92 Å². The number of epoxide rings is 2. The molecule has 2 saturated carbocycles. The highest BCUT2D eigenvalue weighted by molar-refractivity contribution is 5.83. The predicted molar refractivity (Wildman–Crippen MR) is 67.6 cm³/mol. The first-order valence-electron chi connectivity index (χ1n) is 7.69. The largest absolute Gasteiger partial charge is 0.463 e. The molecular weight excluding hydrogens is 244 g/mol. The summed E-state index contributed by atoms with van der Waals surface area (Å²) in [5.41, 5.74) is -0.547. The van der Waals surface area contributed by atoms with E-state index in [1.54, 1.807) is 0 Å². The van der Waals surface area contributed by atoms with Gasteiger partial charge in [0, 0.05) is 0 Å². The Hall–Kier alpha value is -0.610. The Balaban J connectivity index is 1.31. The van der Waals surface area contributed by atoms with Gasteiger partial charge in [-0.25, -0.2) is 4.79 Å². The van der Waals surface area contributed by atoms with Crippen molar-refractivity contribution in [3.8, 4) is 0 Å². The number of carbonyl (C=O) groups is 1. The zero-order chi connectivity index (χ0) is 13.0. The van der Waals surface area contributed by atoms with Gasteiger partial charge in [0.2, 0.25) is 0 Å². The lowest BCUT2D eigenvalue weighted by atomic mass is 9.81. The van der Waals surface area contributed by atoms with Crippen LogP contribution in [-0.4, -0.2) is 36.5 Å². The third-order valence-electron chi connectivity index (χ3n) is 5.49. The van der Waals surface area contributed by atoms with Crippen molar-refractivity contribution in [1.29, 1.82) is 0 Å². The summed E-state index contributed by atoms with van der Waals surface area (Å²) in [6.07, 6.45) is 7.40. The topological polar surface area (TPSA) is 51.4 Å². The number of hydrogen-bond donors (Lipinski definition) is 0. The summed E-state index contributed by atoms with van der Waals surface area (Å²) in [4.78, 5) is 12.2. The van der Waals surface area contributed by atoms with Crippen LogP contribution in [0.2, 0.25) is 0 Å². The lowest BCUT2D eigenvalue weighted by Gasteiger charge is -2.26. The summed E-state index contributed by atoms with van der Waals surface area (Å²) in [7, 11) is 0. The Labute approximate surface area is 113 Å². The molecular formula is C15H22O4. The molecule has 0 N–H and O–H groups in total. The van der Waals surface area contributed by atoms with Gasteiger partial charge in [-0.1, -0.05) is 13.3 Å². The molecule has 0 amide bonds. The van der Waals surface area contributed by atoms with E-state index in [-0.39, 0.29) is 12.1 Å². The Kier molecular flexibility index (Phi) is 2.68. The second-order valence-electron chi connectivity index (χ2n) is 6.76. The molecule has 4 nitrogen and oxygen atoms in total. The van der Waals surface area contributed by atoms with Crippen LogP contribution in [0.25, 0.3) is 0 Å². The zero-order valence-corrected chi connectivity index (χ0v) is 11.5. The monoisotopic (exact) mass is 266 g/mol. The highest BCUT2D eigenvalue weighted by atomic mass is 16.7. The lowest BCUT2D eigenvalue weighted by Crippen LogP contribution is -2.35. The van der Waals surface area contributed by atoms with E-state index in [1.807, 2.05) is 0 Å². The number of ether oxygens (including phenoxy) is 3. The maximum atomic E-state index is 12.2. The molecule has 0 spiro atoms. The third-order valence-corrected chi connectivity index (χ3v) is 5.49. The molecule has 0 aromatic rings. The van der Waals surface area contributed by atoms with Crippen molar-refractivity contribution in [2.24, 2.45) is 11.8 Å². The van der Waals surface area contributed by atoms with Crippen LogP contribution in [-0.2, 0) is 19.0 Å². The standard InChI is InChI=1S/C15H22O4/c1-9-6-11-12(18-11)7-10(9)8-17-14(16)15-5-3-2-4-13(15)19-15/h9-13H,2-8H2,1H3. The molecule has 4 rings (SSSR count). The van der Waals surface area contributed by atoms with Crippen molar-refractivity contribution in [3.05, 3.63) is 0 Å². The Morgan fingerprint density at radius 1 is 1.32 bits per heavy atom. The van der Waals surface area contributed by atoms with Crippen LogP contribution in [0.15, 0.2) is 0 Å². The molecule has 2 aliphatic carbocycles. The summed E-state index contributed by atoms with van der Waals surface area (Å²) < 4.78 is 16.8. The highest BCUT2D eigenvalue weighted by Gasteiger charge is 2.64. The van der Waals surface area contributed by atoms with Gasteiger partial charge in [-0.05, 0) is 43.9 Å². The van der Waals surface area contributed by atoms with E-state index < -0.39 is 5.60 Å². The average molecular weight is 266 g/mol. The molecule has 0 radical (unpaired) electrons. The fourth-order valence-corrected chi connectivity index (χ4v) is 3.95. The number of fused-ring (bicyclic) bond motifs is 2. The molecule has 4 fully saturated rings. The fourth-order valence-electron chi connectivity index (χ4n) is 3.95. The molecule has 2 saturated heterocycles. The molecule has 4 aliphatic rings. The first-order valence-corrected chi connectivity index (χ1v) is 7.69. The van der Waals surface area contributed by atoms with Gasteiger partial charge in [-0.15, -0.1) is 0 Å². The molecule has 0 aromatic carbocycles. The van der Waals surface area contributed by atoms with Crippen molar-refractivity contribution in [3.63, 3.8) is 0 Å². The molecule has 0 aromatic heterocycles. The predicted octanol–water partition coefficient (Wildman–Crippen LogP) is 2.05. The maximum absolute atomic E-state index is 12.2. The molecule has 6 unspecified atom stereocenters. The average Bonchev–Trinajstić information content (AvgIpc) is 3.28. The van der Waals surface area contributed by atoms with Gasteiger partial charge in [0.1, 0.15) is 0 Å². The summed E-state index contributed by atoms with van der Waals surface area (Å²) >= 11 is 0. The Morgan fingerprint density at radius 3 is 3.00 bits per heavy atom. The molecule has 106 valence electrons. The van der Waals surface area contributed by atoms with Crippen LogP contribution in [0.3, 0.4) is 0 Å². The summed E-state index contributed by atoms with van der Waals surface area (Å²) in [6.45, 7) is 2.79. The summed E-state index contributed by atoms with van der Waals surface area (Å²) in [6, 6.07) is 0. The molecule has 4 heteroatoms. The van der Waals surface area contributed by atoms with Gasteiger partial charge in [0.15, 0.2) is 5.60 Å². The summed E-state index contributed by atoms with van der Waals surface area (Å²) in [5.74, 6) is 0.949. The van der Waals surface area contributed by atoms with Gasteiger partial charge in [0.05, 0.1) is 24.9 Å². The maximum Gasteiger partial charge on any atom is 0.341 e. The molecule has 0 bridgehead atoms. The number of rotatable bonds is 3. The van der Waals surface area contributed by atoms with Crippen LogP contribution in [0.5, 0.6) is 0 Å². The van der Waals surface area contributed by atoms with Crippen molar-refractivity contribution in [1.82, 2.24) is 0 Å². The number of hydrogen-bond acceptors (Lipinski definition) is 4. The van der Waals surface area contributed by atoms with Gasteiger partial charge in [-0.3, -0.25) is 0 Å². The Bertz CT molecular complexity index is 396. The number of carbonyl (C=O) groups excluding carboxylic acids is 1. The molecule has 6 atom stereocenters. The molecule has 2 heterocycles. The first-order chi connectivity index (χ1) is 9.19. The Morgan fingerprint density at radius 2 is 2.16 bits per heavy atom. The van der Waals surface area contributed by atoms with Crippen LogP contribution >= 0.6 is 0 Å². The van der Waals surface area contributed by atoms with Crippen LogP contribution in [0.1, 0.15) is 45.4 Å². The third kappa shape index (κ3) is 2.00. The zero-order valence-electron chi connectivity index (χ0n) is 11.5. The van der Waals surface area contributed by atoms with E-state index in [4.69, 9.17) is 14.2 Å². The van der Waals surface area contributed by atoms with Crippen molar-refractivity contribution < 1.29 is 19.0 Å². The van der Waals surface area contributed by atoms with Crippen molar-refractivity contribution in [2.75, 3.05) is 6.61 Å². The second-order valence-corrected chi connectivity index (χ2v) is 6.76. The van der Waals surface area contributed by atoms with E-state index >= 15 is 0 Å². The number of esters is 1. The van der Waals surface area contributed by atoms with Crippen molar-refractivity contribution >= 4 is 5.97 Å². The smallest absolute Gasteiger partial charge is 0.341 e. The molecule has 19 heavy (non-hydrogen) atoms. The minimum Gasteiger partial charge on any atom is -0.463 e. The van der Waals surface area contributed by atoms with Crippen LogP contribution in [0.4, 0.5) is 0 Å². The normalized spacial score (nSPS) is 50.9.